The molecular weight excluding hydrogens is 691 g/mol. The lowest BCUT2D eigenvalue weighted by Crippen LogP contribution is -2.42. The number of hydrogen-bond acceptors (Lipinski definition) is 7. The molecule has 0 unspecified atom stereocenters. The van der Waals surface area contributed by atoms with E-state index in [1.807, 2.05) is 30.3 Å². The predicted octanol–water partition coefficient (Wildman–Crippen LogP) is 7.65. The summed E-state index contributed by atoms with van der Waals surface area (Å²) >= 11 is 0. The van der Waals surface area contributed by atoms with Gasteiger partial charge < -0.3 is 25.2 Å². The van der Waals surface area contributed by atoms with Crippen molar-refractivity contribution in [2.45, 2.75) is 70.3 Å². The van der Waals surface area contributed by atoms with E-state index in [0.29, 0.717) is 66.2 Å². The number of amides is 3. The number of likely N-dealkylation sites (tertiary alicyclic amines) is 1. The Balaban J connectivity index is 1.11. The van der Waals surface area contributed by atoms with E-state index < -0.39 is 0 Å². The Morgan fingerprint density at radius 2 is 1.62 bits per heavy atom. The minimum atomic E-state index is -0.365. The maximum Gasteiger partial charge on any atom is 0.255 e. The topological polar surface area (TPSA) is 121 Å². The molecule has 10 nitrogen and oxygen atoms in total. The van der Waals surface area contributed by atoms with E-state index in [1.165, 1.54) is 17.5 Å². The van der Waals surface area contributed by atoms with Crippen molar-refractivity contribution in [3.63, 3.8) is 0 Å². The number of carbonyl (C=O) groups is 4. The average Bonchev–Trinajstić information content (AvgIpc) is 3.24. The molecule has 0 radical (unpaired) electrons. The van der Waals surface area contributed by atoms with Crippen LogP contribution >= 0.6 is 0 Å². The number of rotatable bonds is 12. The third kappa shape index (κ3) is 9.14. The fraction of sp³-hybridized carbons (Fsp3) is 0.400. The van der Waals surface area contributed by atoms with Crippen LogP contribution in [0.25, 0.3) is 11.3 Å². The van der Waals surface area contributed by atoms with Gasteiger partial charge in [0.25, 0.3) is 17.7 Å². The largest absolute Gasteiger partial charge is 0.385 e. The van der Waals surface area contributed by atoms with Gasteiger partial charge in [-0.3, -0.25) is 24.2 Å². The number of nitrogens with zero attached hydrogens (tertiary/aromatic N) is 3. The molecule has 0 spiro atoms. The summed E-state index contributed by atoms with van der Waals surface area (Å²) in [5.41, 5.74) is 6.56. The van der Waals surface area contributed by atoms with Crippen LogP contribution in [0.1, 0.15) is 106 Å². The van der Waals surface area contributed by atoms with E-state index in [0.717, 1.165) is 63.7 Å². The third-order valence-corrected chi connectivity index (χ3v) is 11.3. The Hall–Kier alpha value is -5.35. The zero-order chi connectivity index (χ0) is 38.1. The molecule has 0 bridgehead atoms. The van der Waals surface area contributed by atoms with Gasteiger partial charge in [0, 0.05) is 86.4 Å². The fourth-order valence-corrected chi connectivity index (χ4v) is 8.26. The fourth-order valence-electron chi connectivity index (χ4n) is 8.26. The molecule has 3 amide bonds. The number of aromatic nitrogens is 1. The summed E-state index contributed by atoms with van der Waals surface area (Å²) in [6.45, 7) is 3.39. The molecular formula is C45H51N5O5. The molecule has 1 aliphatic carbocycles. The van der Waals surface area contributed by atoms with Crippen molar-refractivity contribution in [2.24, 2.45) is 5.92 Å². The molecule has 3 heterocycles. The summed E-state index contributed by atoms with van der Waals surface area (Å²) in [4.78, 5) is 62.9. The first kappa shape index (κ1) is 37.9. The van der Waals surface area contributed by atoms with Crippen LogP contribution < -0.4 is 15.5 Å². The molecule has 1 aromatic heterocycles. The maximum atomic E-state index is 13.9. The zero-order valence-electron chi connectivity index (χ0n) is 31.7. The van der Waals surface area contributed by atoms with Crippen molar-refractivity contribution in [2.75, 3.05) is 50.1 Å². The average molecular weight is 742 g/mol. The van der Waals surface area contributed by atoms with E-state index in [1.54, 1.807) is 54.6 Å². The summed E-state index contributed by atoms with van der Waals surface area (Å²) in [7, 11) is 1.63. The van der Waals surface area contributed by atoms with Crippen molar-refractivity contribution >= 4 is 34.9 Å². The van der Waals surface area contributed by atoms with Gasteiger partial charge in [0.15, 0.2) is 0 Å². The normalized spacial score (nSPS) is 18.3. The van der Waals surface area contributed by atoms with Gasteiger partial charge in [0.2, 0.25) is 0 Å². The number of pyridine rings is 1. The van der Waals surface area contributed by atoms with Gasteiger partial charge in [-0.25, -0.2) is 0 Å². The van der Waals surface area contributed by atoms with Gasteiger partial charge in [-0.2, -0.15) is 0 Å². The van der Waals surface area contributed by atoms with Gasteiger partial charge in [0.1, 0.15) is 5.78 Å². The quantitative estimate of drug-likeness (QED) is 0.143. The van der Waals surface area contributed by atoms with Crippen molar-refractivity contribution in [1.29, 1.82) is 0 Å². The summed E-state index contributed by atoms with van der Waals surface area (Å²) in [6.07, 6.45) is 10.6. The van der Waals surface area contributed by atoms with Gasteiger partial charge in [-0.05, 0) is 117 Å². The number of aryl methyl sites for hydroxylation is 1. The highest BCUT2D eigenvalue weighted by atomic mass is 16.5. The van der Waals surface area contributed by atoms with E-state index >= 15 is 0 Å². The monoisotopic (exact) mass is 741 g/mol. The SMILES string of the molecule is COCCCC(=O)[C@H]1CCCN(C(=O)c2cccc(C(=O)Nc3ccc(N4CCCCC4)cc3-c3cc(C(=O)N[C@H]4CCCc5ccccc54)ccn3)c2)C1. The Morgan fingerprint density at radius 1 is 0.800 bits per heavy atom. The first-order valence-electron chi connectivity index (χ1n) is 19.8. The Labute approximate surface area is 323 Å². The van der Waals surface area contributed by atoms with Crippen LogP contribution in [0, 0.1) is 5.92 Å². The molecule has 3 aliphatic rings. The van der Waals surface area contributed by atoms with E-state index in [-0.39, 0.29) is 35.5 Å². The molecule has 10 heteroatoms. The minimum absolute atomic E-state index is 0.0566. The molecule has 7 rings (SSSR count). The van der Waals surface area contributed by atoms with Gasteiger partial charge in [0.05, 0.1) is 17.4 Å². The summed E-state index contributed by atoms with van der Waals surface area (Å²) in [6, 6.07) is 24.5. The van der Waals surface area contributed by atoms with Crippen LogP contribution in [-0.4, -0.2) is 73.3 Å². The number of ketones is 1. The number of ether oxygens (including phenoxy) is 1. The molecule has 3 aromatic carbocycles. The molecule has 2 saturated heterocycles. The van der Waals surface area contributed by atoms with Crippen molar-refractivity contribution in [3.8, 4) is 11.3 Å². The predicted molar refractivity (Wildman–Crippen MR) is 214 cm³/mol. The number of nitrogens with one attached hydrogen (secondary N) is 2. The molecule has 55 heavy (non-hydrogen) atoms. The smallest absolute Gasteiger partial charge is 0.255 e. The molecule has 0 saturated carbocycles. The first-order valence-corrected chi connectivity index (χ1v) is 19.8. The Kier molecular flexibility index (Phi) is 12.3. The molecule has 286 valence electrons. The summed E-state index contributed by atoms with van der Waals surface area (Å²) < 4.78 is 5.10. The van der Waals surface area contributed by atoms with Crippen LogP contribution in [0.15, 0.2) is 85.1 Å². The third-order valence-electron chi connectivity index (χ3n) is 11.3. The number of carbonyl (C=O) groups excluding carboxylic acids is 4. The standard InChI is InChI=1S/C45H51N5O5/c1-55-26-10-18-42(51)35-15-9-25-50(30-35)45(54)34-14-7-13-32(27-34)43(52)48-40-20-19-36(49-23-5-2-6-24-49)29-38(40)41-28-33(21-22-46-41)44(53)47-39-17-8-12-31-11-3-4-16-37(31)39/h3-4,7,11,13-14,16,19-22,27-29,35,39H,2,5-6,8-10,12,15,17-18,23-26,30H2,1H3,(H,47,53)(H,48,52)/t35-,39-/m0/s1. The molecule has 2 aliphatic heterocycles. The number of Topliss-reactive ketones (excluding diaryl/α,β-unsaturated/α-hetero) is 1. The van der Waals surface area contributed by atoms with E-state index in [4.69, 9.17) is 9.72 Å². The highest BCUT2D eigenvalue weighted by molar-refractivity contribution is 6.08. The number of benzene rings is 3. The highest BCUT2D eigenvalue weighted by Crippen LogP contribution is 2.34. The lowest BCUT2D eigenvalue weighted by atomic mass is 9.87. The molecule has 2 atom stereocenters. The van der Waals surface area contributed by atoms with Crippen LogP contribution in [0.5, 0.6) is 0 Å². The van der Waals surface area contributed by atoms with Crippen molar-refractivity contribution < 1.29 is 23.9 Å². The van der Waals surface area contributed by atoms with Crippen LogP contribution in [-0.2, 0) is 16.0 Å². The second-order valence-corrected chi connectivity index (χ2v) is 15.0. The highest BCUT2D eigenvalue weighted by Gasteiger charge is 2.29. The van der Waals surface area contributed by atoms with Gasteiger partial charge >= 0.3 is 0 Å². The van der Waals surface area contributed by atoms with Crippen LogP contribution in [0.4, 0.5) is 11.4 Å². The second kappa shape index (κ2) is 17.9. The molecule has 2 N–H and O–H groups in total. The number of anilines is 2. The van der Waals surface area contributed by atoms with Crippen molar-refractivity contribution in [3.05, 3.63) is 113 Å². The summed E-state index contributed by atoms with van der Waals surface area (Å²) in [5.74, 6) is -0.738. The van der Waals surface area contributed by atoms with Crippen LogP contribution in [0.2, 0.25) is 0 Å². The Bertz CT molecular complexity index is 2020. The van der Waals surface area contributed by atoms with Crippen molar-refractivity contribution in [1.82, 2.24) is 15.2 Å². The Morgan fingerprint density at radius 3 is 2.47 bits per heavy atom. The number of hydrogen-bond donors (Lipinski definition) is 2. The number of methoxy groups -OCH3 is 1. The maximum absolute atomic E-state index is 13.9. The van der Waals surface area contributed by atoms with E-state index in [9.17, 15) is 19.2 Å². The number of fused-ring (bicyclic) bond motifs is 1. The van der Waals surface area contributed by atoms with Gasteiger partial charge in [-0.1, -0.05) is 30.3 Å². The zero-order valence-corrected chi connectivity index (χ0v) is 31.7. The van der Waals surface area contributed by atoms with Crippen LogP contribution in [0.3, 0.4) is 0 Å². The summed E-state index contributed by atoms with van der Waals surface area (Å²) in [5, 5.41) is 6.36. The lowest BCUT2D eigenvalue weighted by Gasteiger charge is -2.32. The minimum Gasteiger partial charge on any atom is -0.385 e. The second-order valence-electron chi connectivity index (χ2n) is 15.0. The molecule has 4 aromatic rings. The number of piperidine rings is 2. The lowest BCUT2D eigenvalue weighted by molar-refractivity contribution is -0.124. The molecule has 2 fully saturated rings. The van der Waals surface area contributed by atoms with E-state index in [2.05, 4.69) is 27.7 Å². The van der Waals surface area contributed by atoms with Gasteiger partial charge in [-0.15, -0.1) is 0 Å². The first-order chi connectivity index (χ1) is 26.9.